The van der Waals surface area contributed by atoms with E-state index in [1.165, 1.54) is 0 Å². The molecule has 1 atom stereocenters. The minimum Gasteiger partial charge on any atom is -0.481 e. The van der Waals surface area contributed by atoms with Crippen molar-refractivity contribution in [3.05, 3.63) is 0 Å². The van der Waals surface area contributed by atoms with Crippen LogP contribution in [0.5, 0.6) is 0 Å². The average Bonchev–Trinajstić information content (AvgIpc) is 2.37. The standard InChI is InChI=1S/C15H26N2O3/c1-3-6-15(12(18)19)9-5-10-17(11-15)13(20)16-14(2)7-4-8-14/h3-11H2,1-2H3,(H,16,20)(H,18,19). The first-order valence-electron chi connectivity index (χ1n) is 7.71. The minimum absolute atomic E-state index is 0.0782. The Balaban J connectivity index is 2.01. The molecule has 20 heavy (non-hydrogen) atoms. The van der Waals surface area contributed by atoms with Crippen molar-refractivity contribution in [3.63, 3.8) is 0 Å². The van der Waals surface area contributed by atoms with E-state index < -0.39 is 11.4 Å². The molecule has 0 radical (unpaired) electrons. The lowest BCUT2D eigenvalue weighted by molar-refractivity contribution is -0.152. The number of hydrogen-bond donors (Lipinski definition) is 2. The maximum atomic E-state index is 12.3. The van der Waals surface area contributed by atoms with Crippen molar-refractivity contribution in [1.82, 2.24) is 10.2 Å². The molecule has 1 unspecified atom stereocenters. The first-order valence-corrected chi connectivity index (χ1v) is 7.71. The molecule has 1 saturated carbocycles. The van der Waals surface area contributed by atoms with Gasteiger partial charge in [0.1, 0.15) is 0 Å². The van der Waals surface area contributed by atoms with E-state index in [0.29, 0.717) is 25.9 Å². The van der Waals surface area contributed by atoms with Crippen molar-refractivity contribution in [3.8, 4) is 0 Å². The molecule has 1 aliphatic carbocycles. The molecule has 0 aromatic heterocycles. The second-order valence-corrected chi connectivity index (χ2v) is 6.70. The summed E-state index contributed by atoms with van der Waals surface area (Å²) in [7, 11) is 0. The molecule has 5 nitrogen and oxygen atoms in total. The molecule has 5 heteroatoms. The van der Waals surface area contributed by atoms with E-state index in [2.05, 4.69) is 12.2 Å². The van der Waals surface area contributed by atoms with Gasteiger partial charge in [-0.15, -0.1) is 0 Å². The Labute approximate surface area is 120 Å². The molecule has 2 amide bonds. The fraction of sp³-hybridized carbons (Fsp3) is 0.867. The van der Waals surface area contributed by atoms with Crippen molar-refractivity contribution < 1.29 is 14.7 Å². The summed E-state index contributed by atoms with van der Waals surface area (Å²) in [6.45, 7) is 5.08. The number of likely N-dealkylation sites (tertiary alicyclic amines) is 1. The number of carbonyl (C=O) groups excluding carboxylic acids is 1. The summed E-state index contributed by atoms with van der Waals surface area (Å²) in [6, 6.07) is -0.0892. The molecule has 0 aromatic rings. The van der Waals surface area contributed by atoms with Crippen LogP contribution >= 0.6 is 0 Å². The number of urea groups is 1. The van der Waals surface area contributed by atoms with Crippen molar-refractivity contribution in [2.75, 3.05) is 13.1 Å². The largest absolute Gasteiger partial charge is 0.481 e. The highest BCUT2D eigenvalue weighted by atomic mass is 16.4. The van der Waals surface area contributed by atoms with E-state index in [1.54, 1.807) is 4.90 Å². The third-order valence-corrected chi connectivity index (χ3v) is 4.91. The van der Waals surface area contributed by atoms with Gasteiger partial charge in [-0.1, -0.05) is 13.3 Å². The number of rotatable bonds is 4. The smallest absolute Gasteiger partial charge is 0.317 e. The lowest BCUT2D eigenvalue weighted by atomic mass is 9.76. The molecule has 1 saturated heterocycles. The number of nitrogens with zero attached hydrogens (tertiary/aromatic N) is 1. The monoisotopic (exact) mass is 282 g/mol. The molecule has 2 rings (SSSR count). The highest BCUT2D eigenvalue weighted by Gasteiger charge is 2.44. The summed E-state index contributed by atoms with van der Waals surface area (Å²) in [5.74, 6) is -0.758. The van der Waals surface area contributed by atoms with Crippen LogP contribution in [0.15, 0.2) is 0 Å². The highest BCUT2D eigenvalue weighted by Crippen LogP contribution is 2.36. The van der Waals surface area contributed by atoms with Crippen molar-refractivity contribution in [2.45, 2.75) is 64.3 Å². The van der Waals surface area contributed by atoms with Gasteiger partial charge in [-0.25, -0.2) is 4.79 Å². The first-order chi connectivity index (χ1) is 9.41. The van der Waals surface area contributed by atoms with E-state index in [1.807, 2.05) is 6.92 Å². The Morgan fingerprint density at radius 1 is 1.25 bits per heavy atom. The summed E-state index contributed by atoms with van der Waals surface area (Å²) in [5.41, 5.74) is -0.823. The van der Waals surface area contributed by atoms with Crippen molar-refractivity contribution in [1.29, 1.82) is 0 Å². The predicted molar refractivity (Wildman–Crippen MR) is 76.6 cm³/mol. The zero-order chi connectivity index (χ0) is 14.8. The third-order valence-electron chi connectivity index (χ3n) is 4.91. The second-order valence-electron chi connectivity index (χ2n) is 6.70. The molecular weight excluding hydrogens is 256 g/mol. The number of piperidine rings is 1. The first kappa shape index (κ1) is 15.1. The molecule has 2 fully saturated rings. The number of aliphatic carboxylic acids is 1. The maximum absolute atomic E-state index is 12.3. The van der Waals surface area contributed by atoms with E-state index >= 15 is 0 Å². The highest BCUT2D eigenvalue weighted by molar-refractivity contribution is 5.79. The van der Waals surface area contributed by atoms with Gasteiger partial charge in [-0.05, 0) is 45.4 Å². The fourth-order valence-corrected chi connectivity index (χ4v) is 3.44. The lowest BCUT2D eigenvalue weighted by Gasteiger charge is -2.44. The number of carboxylic acids is 1. The Morgan fingerprint density at radius 3 is 2.45 bits per heavy atom. The van der Waals surface area contributed by atoms with Gasteiger partial charge < -0.3 is 15.3 Å². The van der Waals surface area contributed by atoms with Gasteiger partial charge >= 0.3 is 12.0 Å². The van der Waals surface area contributed by atoms with Crippen LogP contribution in [0.3, 0.4) is 0 Å². The summed E-state index contributed by atoms with van der Waals surface area (Å²) in [5, 5.41) is 12.6. The Hall–Kier alpha value is -1.26. The zero-order valence-corrected chi connectivity index (χ0v) is 12.6. The van der Waals surface area contributed by atoms with E-state index in [9.17, 15) is 14.7 Å². The van der Waals surface area contributed by atoms with Gasteiger partial charge in [0.2, 0.25) is 0 Å². The molecule has 1 heterocycles. The number of carboxylic acid groups (broad SMARTS) is 1. The minimum atomic E-state index is -0.758. The molecular formula is C15H26N2O3. The number of hydrogen-bond acceptors (Lipinski definition) is 2. The SMILES string of the molecule is CCCC1(C(=O)O)CCCN(C(=O)NC2(C)CCC2)C1. The third kappa shape index (κ3) is 2.91. The van der Waals surface area contributed by atoms with Gasteiger partial charge in [0.25, 0.3) is 0 Å². The second kappa shape index (κ2) is 5.62. The number of nitrogens with one attached hydrogen (secondary N) is 1. The maximum Gasteiger partial charge on any atom is 0.317 e. The Bertz CT molecular complexity index is 389. The number of amides is 2. The summed E-state index contributed by atoms with van der Waals surface area (Å²) >= 11 is 0. The fourth-order valence-electron chi connectivity index (χ4n) is 3.44. The summed E-state index contributed by atoms with van der Waals surface area (Å²) in [4.78, 5) is 25.7. The van der Waals surface area contributed by atoms with Crippen molar-refractivity contribution >= 4 is 12.0 Å². The van der Waals surface area contributed by atoms with Gasteiger partial charge in [-0.2, -0.15) is 0 Å². The Morgan fingerprint density at radius 2 is 1.95 bits per heavy atom. The zero-order valence-electron chi connectivity index (χ0n) is 12.6. The van der Waals surface area contributed by atoms with Crippen LogP contribution in [0, 0.1) is 5.41 Å². The van der Waals surface area contributed by atoms with Crippen molar-refractivity contribution in [2.24, 2.45) is 5.41 Å². The van der Waals surface area contributed by atoms with E-state index in [4.69, 9.17) is 0 Å². The van der Waals surface area contributed by atoms with Crippen LogP contribution in [0.2, 0.25) is 0 Å². The normalized spacial score (nSPS) is 28.6. The summed E-state index contributed by atoms with van der Waals surface area (Å²) in [6.07, 6.45) is 6.12. The molecule has 0 spiro atoms. The molecule has 0 aromatic carbocycles. The molecule has 2 N–H and O–H groups in total. The van der Waals surface area contributed by atoms with Crippen LogP contribution in [0.4, 0.5) is 4.79 Å². The van der Waals surface area contributed by atoms with Crippen LogP contribution in [0.1, 0.15) is 58.8 Å². The van der Waals surface area contributed by atoms with E-state index in [0.717, 1.165) is 32.1 Å². The van der Waals surface area contributed by atoms with Crippen LogP contribution in [-0.2, 0) is 4.79 Å². The van der Waals surface area contributed by atoms with Crippen LogP contribution in [0.25, 0.3) is 0 Å². The van der Waals surface area contributed by atoms with Crippen LogP contribution in [-0.4, -0.2) is 40.6 Å². The van der Waals surface area contributed by atoms with Gasteiger partial charge in [0.15, 0.2) is 0 Å². The lowest BCUT2D eigenvalue weighted by Crippen LogP contribution is -2.58. The predicted octanol–water partition coefficient (Wildman–Crippen LogP) is 2.61. The molecule has 114 valence electrons. The molecule has 2 aliphatic rings. The van der Waals surface area contributed by atoms with Gasteiger partial charge in [0.05, 0.1) is 5.41 Å². The molecule has 1 aliphatic heterocycles. The Kier molecular flexibility index (Phi) is 4.25. The van der Waals surface area contributed by atoms with Gasteiger partial charge in [-0.3, -0.25) is 4.79 Å². The average molecular weight is 282 g/mol. The quantitative estimate of drug-likeness (QED) is 0.832. The van der Waals surface area contributed by atoms with Gasteiger partial charge in [0, 0.05) is 18.6 Å². The van der Waals surface area contributed by atoms with E-state index in [-0.39, 0.29) is 11.6 Å². The topological polar surface area (TPSA) is 69.6 Å². The molecule has 0 bridgehead atoms. The summed E-state index contributed by atoms with van der Waals surface area (Å²) < 4.78 is 0. The van der Waals surface area contributed by atoms with Crippen LogP contribution < -0.4 is 5.32 Å². The number of carbonyl (C=O) groups is 2.